The zero-order valence-electron chi connectivity index (χ0n) is 14.2. The highest BCUT2D eigenvalue weighted by Crippen LogP contribution is 2.16. The van der Waals surface area contributed by atoms with Gasteiger partial charge in [-0.05, 0) is 18.1 Å². The predicted molar refractivity (Wildman–Crippen MR) is 93.6 cm³/mol. The average molecular weight is 328 g/mol. The monoisotopic (exact) mass is 328 g/mol. The number of aromatic nitrogens is 3. The fraction of sp³-hybridized carbons (Fsp3) is 0.471. The van der Waals surface area contributed by atoms with Crippen molar-refractivity contribution in [1.29, 1.82) is 0 Å². The standard InChI is InChI=1S/C17H24N6O/c1-18-17(23(2)10-14-6-7-24-11-14)19-9-13-4-3-5-15(8-13)16-20-12-21-22-16/h3-5,8,12,14H,6-7,9-11H2,1-2H3,(H,18,19)(H,20,21,22). The summed E-state index contributed by atoms with van der Waals surface area (Å²) >= 11 is 0. The molecule has 0 amide bonds. The second kappa shape index (κ2) is 7.92. The molecule has 2 aromatic rings. The van der Waals surface area contributed by atoms with Gasteiger partial charge in [0, 0.05) is 45.3 Å². The minimum absolute atomic E-state index is 0.586. The normalized spacial score (nSPS) is 17.9. The lowest BCUT2D eigenvalue weighted by atomic mass is 10.1. The average Bonchev–Trinajstić information content (AvgIpc) is 3.29. The van der Waals surface area contributed by atoms with E-state index < -0.39 is 0 Å². The van der Waals surface area contributed by atoms with Gasteiger partial charge in [-0.3, -0.25) is 10.1 Å². The summed E-state index contributed by atoms with van der Waals surface area (Å²) in [5, 5.41) is 10.2. The number of aromatic amines is 1. The number of nitrogens with one attached hydrogen (secondary N) is 2. The number of H-pyrrole nitrogens is 1. The van der Waals surface area contributed by atoms with Gasteiger partial charge >= 0.3 is 0 Å². The van der Waals surface area contributed by atoms with E-state index in [1.165, 1.54) is 11.9 Å². The molecule has 0 aliphatic carbocycles. The number of ether oxygens (including phenoxy) is 1. The molecular weight excluding hydrogens is 304 g/mol. The van der Waals surface area contributed by atoms with Crippen molar-refractivity contribution in [1.82, 2.24) is 25.4 Å². The molecule has 1 unspecified atom stereocenters. The lowest BCUT2D eigenvalue weighted by molar-refractivity contribution is 0.181. The zero-order chi connectivity index (χ0) is 16.8. The van der Waals surface area contributed by atoms with Crippen LogP contribution in [0.2, 0.25) is 0 Å². The highest BCUT2D eigenvalue weighted by Gasteiger charge is 2.19. The van der Waals surface area contributed by atoms with Crippen LogP contribution in [0, 0.1) is 5.92 Å². The summed E-state index contributed by atoms with van der Waals surface area (Å²) in [6.45, 7) is 3.39. The van der Waals surface area contributed by atoms with Crippen LogP contribution >= 0.6 is 0 Å². The lowest BCUT2D eigenvalue weighted by Gasteiger charge is -2.24. The van der Waals surface area contributed by atoms with E-state index in [1.54, 1.807) is 0 Å². The minimum Gasteiger partial charge on any atom is -0.381 e. The highest BCUT2D eigenvalue weighted by molar-refractivity contribution is 5.79. The molecule has 7 nitrogen and oxygen atoms in total. The summed E-state index contributed by atoms with van der Waals surface area (Å²) in [4.78, 5) is 10.7. The Bertz CT molecular complexity index is 663. The van der Waals surface area contributed by atoms with Crippen molar-refractivity contribution in [2.24, 2.45) is 10.9 Å². The molecule has 1 aliphatic heterocycles. The maximum Gasteiger partial charge on any atom is 0.193 e. The number of hydrogen-bond donors (Lipinski definition) is 2. The molecule has 1 atom stereocenters. The number of rotatable bonds is 5. The maximum atomic E-state index is 5.45. The summed E-state index contributed by atoms with van der Waals surface area (Å²) in [6, 6.07) is 8.23. The Morgan fingerprint density at radius 2 is 2.42 bits per heavy atom. The molecule has 2 heterocycles. The van der Waals surface area contributed by atoms with Gasteiger partial charge in [-0.2, -0.15) is 5.10 Å². The van der Waals surface area contributed by atoms with Gasteiger partial charge in [-0.25, -0.2) is 4.98 Å². The van der Waals surface area contributed by atoms with Crippen molar-refractivity contribution in [3.8, 4) is 11.4 Å². The van der Waals surface area contributed by atoms with Crippen LogP contribution in [0.1, 0.15) is 12.0 Å². The van der Waals surface area contributed by atoms with Crippen molar-refractivity contribution in [3.05, 3.63) is 36.2 Å². The Labute approximate surface area is 142 Å². The fourth-order valence-corrected chi connectivity index (χ4v) is 2.94. The molecule has 1 fully saturated rings. The predicted octanol–water partition coefficient (Wildman–Crippen LogP) is 1.52. The summed E-state index contributed by atoms with van der Waals surface area (Å²) in [7, 11) is 3.88. The van der Waals surface area contributed by atoms with Crippen molar-refractivity contribution in [3.63, 3.8) is 0 Å². The number of benzene rings is 1. The van der Waals surface area contributed by atoms with Gasteiger partial charge in [0.1, 0.15) is 6.33 Å². The molecule has 0 saturated carbocycles. The summed E-state index contributed by atoms with van der Waals surface area (Å²) in [5.41, 5.74) is 2.20. The molecule has 1 aromatic heterocycles. The van der Waals surface area contributed by atoms with Gasteiger partial charge in [0.25, 0.3) is 0 Å². The highest BCUT2D eigenvalue weighted by atomic mass is 16.5. The van der Waals surface area contributed by atoms with E-state index >= 15 is 0 Å². The van der Waals surface area contributed by atoms with E-state index in [0.717, 1.165) is 43.5 Å². The second-order valence-electron chi connectivity index (χ2n) is 6.05. The third-order valence-electron chi connectivity index (χ3n) is 4.20. The smallest absolute Gasteiger partial charge is 0.193 e. The molecule has 128 valence electrons. The molecule has 2 N–H and O–H groups in total. The third-order valence-corrected chi connectivity index (χ3v) is 4.20. The second-order valence-corrected chi connectivity index (χ2v) is 6.05. The van der Waals surface area contributed by atoms with E-state index in [0.29, 0.717) is 12.5 Å². The third kappa shape index (κ3) is 4.11. The molecule has 7 heteroatoms. The topological polar surface area (TPSA) is 78.4 Å². The molecular formula is C17H24N6O. The van der Waals surface area contributed by atoms with Crippen LogP contribution in [0.5, 0.6) is 0 Å². The number of aliphatic imine (C=N–C) groups is 1. The van der Waals surface area contributed by atoms with Crippen LogP contribution in [0.4, 0.5) is 0 Å². The van der Waals surface area contributed by atoms with Gasteiger partial charge in [-0.1, -0.05) is 18.2 Å². The molecule has 0 radical (unpaired) electrons. The molecule has 1 aromatic carbocycles. The number of nitrogens with zero attached hydrogens (tertiary/aromatic N) is 4. The van der Waals surface area contributed by atoms with Crippen LogP contribution in [0.25, 0.3) is 11.4 Å². The maximum absolute atomic E-state index is 5.45. The molecule has 0 bridgehead atoms. The quantitative estimate of drug-likeness (QED) is 0.643. The van der Waals surface area contributed by atoms with Gasteiger partial charge in [0.05, 0.1) is 6.61 Å². The van der Waals surface area contributed by atoms with E-state index in [4.69, 9.17) is 4.74 Å². The van der Waals surface area contributed by atoms with E-state index in [2.05, 4.69) is 49.6 Å². The Balaban J connectivity index is 1.58. The molecule has 0 spiro atoms. The van der Waals surface area contributed by atoms with Crippen molar-refractivity contribution in [2.45, 2.75) is 13.0 Å². The SMILES string of the molecule is CN=C(NCc1cccc(-c2ncn[nH]2)c1)N(C)CC1CCOC1. The van der Waals surface area contributed by atoms with E-state index in [1.807, 2.05) is 19.2 Å². The largest absolute Gasteiger partial charge is 0.381 e. The van der Waals surface area contributed by atoms with Crippen LogP contribution < -0.4 is 5.32 Å². The Hall–Kier alpha value is -2.41. The summed E-state index contributed by atoms with van der Waals surface area (Å²) < 4.78 is 5.45. The van der Waals surface area contributed by atoms with E-state index in [9.17, 15) is 0 Å². The molecule has 1 saturated heterocycles. The van der Waals surface area contributed by atoms with Gasteiger partial charge in [0.2, 0.25) is 0 Å². The minimum atomic E-state index is 0.586. The van der Waals surface area contributed by atoms with Crippen molar-refractivity contribution < 1.29 is 4.74 Å². The Morgan fingerprint density at radius 3 is 3.12 bits per heavy atom. The summed E-state index contributed by atoms with van der Waals surface area (Å²) in [6.07, 6.45) is 2.64. The zero-order valence-corrected chi connectivity index (χ0v) is 14.2. The summed E-state index contributed by atoms with van der Waals surface area (Å²) in [5.74, 6) is 2.26. The fourth-order valence-electron chi connectivity index (χ4n) is 2.94. The first-order valence-electron chi connectivity index (χ1n) is 8.20. The van der Waals surface area contributed by atoms with Gasteiger partial charge in [-0.15, -0.1) is 0 Å². The molecule has 3 rings (SSSR count). The van der Waals surface area contributed by atoms with Gasteiger partial charge < -0.3 is 15.0 Å². The lowest BCUT2D eigenvalue weighted by Crippen LogP contribution is -2.41. The first-order chi connectivity index (χ1) is 11.8. The molecule has 1 aliphatic rings. The van der Waals surface area contributed by atoms with E-state index in [-0.39, 0.29) is 0 Å². The first-order valence-corrected chi connectivity index (χ1v) is 8.20. The van der Waals surface area contributed by atoms with Crippen LogP contribution in [-0.4, -0.2) is 59.9 Å². The number of guanidine groups is 1. The van der Waals surface area contributed by atoms with Crippen molar-refractivity contribution in [2.75, 3.05) is 33.9 Å². The van der Waals surface area contributed by atoms with Crippen LogP contribution in [0.3, 0.4) is 0 Å². The number of hydrogen-bond acceptors (Lipinski definition) is 4. The first kappa shape index (κ1) is 16.4. The Kier molecular flexibility index (Phi) is 5.43. The Morgan fingerprint density at radius 1 is 1.50 bits per heavy atom. The van der Waals surface area contributed by atoms with Crippen molar-refractivity contribution >= 4 is 5.96 Å². The van der Waals surface area contributed by atoms with Gasteiger partial charge in [0.15, 0.2) is 11.8 Å². The molecule has 24 heavy (non-hydrogen) atoms. The van der Waals surface area contributed by atoms with Crippen LogP contribution in [-0.2, 0) is 11.3 Å². The van der Waals surface area contributed by atoms with Crippen LogP contribution in [0.15, 0.2) is 35.6 Å².